The molecule has 0 N–H and O–H groups in total. The van der Waals surface area contributed by atoms with E-state index < -0.39 is 0 Å². The van der Waals surface area contributed by atoms with Crippen LogP contribution in [-0.4, -0.2) is 23.5 Å². The third-order valence-corrected chi connectivity index (χ3v) is 3.95. The molecule has 0 radical (unpaired) electrons. The molecular formula is C16H18N2O3S. The van der Waals surface area contributed by atoms with Crippen LogP contribution in [0, 0.1) is 10.1 Å². The summed E-state index contributed by atoms with van der Waals surface area (Å²) in [7, 11) is 1.99. The summed E-state index contributed by atoms with van der Waals surface area (Å²) in [6.07, 6.45) is 1.71. The van der Waals surface area contributed by atoms with E-state index in [4.69, 9.17) is 4.74 Å². The fourth-order valence-corrected chi connectivity index (χ4v) is 2.79. The van der Waals surface area contributed by atoms with Crippen molar-refractivity contribution in [3.63, 3.8) is 0 Å². The van der Waals surface area contributed by atoms with Crippen LogP contribution in [0.15, 0.2) is 48.4 Å². The van der Waals surface area contributed by atoms with Crippen molar-refractivity contribution in [2.45, 2.75) is 13.1 Å². The van der Waals surface area contributed by atoms with E-state index in [9.17, 15) is 10.1 Å². The highest BCUT2D eigenvalue weighted by molar-refractivity contribution is 7.13. The predicted molar refractivity (Wildman–Crippen MR) is 88.3 cm³/mol. The monoisotopic (exact) mass is 318 g/mol. The van der Waals surface area contributed by atoms with Gasteiger partial charge < -0.3 is 4.74 Å². The molecule has 0 aliphatic heterocycles. The molecule has 0 saturated carbocycles. The first kappa shape index (κ1) is 16.2. The highest BCUT2D eigenvalue weighted by Gasteiger charge is 2.11. The van der Waals surface area contributed by atoms with Gasteiger partial charge in [-0.25, -0.2) is 0 Å². The number of rotatable bonds is 8. The van der Waals surface area contributed by atoms with Crippen molar-refractivity contribution in [1.82, 2.24) is 4.90 Å². The van der Waals surface area contributed by atoms with Crippen LogP contribution in [0.5, 0.6) is 5.75 Å². The Morgan fingerprint density at radius 1 is 1.32 bits per heavy atom. The number of hydrogen-bond acceptors (Lipinski definition) is 5. The van der Waals surface area contributed by atoms with Gasteiger partial charge in [0.15, 0.2) is 0 Å². The largest absolute Gasteiger partial charge is 0.490 e. The number of benzene rings is 1. The van der Waals surface area contributed by atoms with Gasteiger partial charge in [-0.05, 0) is 30.3 Å². The predicted octanol–water partition coefficient (Wildman–Crippen LogP) is 3.85. The maximum absolute atomic E-state index is 10.7. The molecule has 22 heavy (non-hydrogen) atoms. The Labute approximate surface area is 133 Å². The van der Waals surface area contributed by atoms with Crippen molar-refractivity contribution in [1.29, 1.82) is 0 Å². The average Bonchev–Trinajstić information content (AvgIpc) is 2.95. The molecule has 116 valence electrons. The first-order valence-electron chi connectivity index (χ1n) is 6.81. The Balaban J connectivity index is 1.89. The number of hydrogen-bond donors (Lipinski definition) is 0. The molecule has 0 unspecified atom stereocenters. The van der Waals surface area contributed by atoms with Gasteiger partial charge in [0.2, 0.25) is 0 Å². The molecular weight excluding hydrogens is 300 g/mol. The highest BCUT2D eigenvalue weighted by atomic mass is 32.1. The van der Waals surface area contributed by atoms with Gasteiger partial charge in [0.1, 0.15) is 12.4 Å². The molecule has 0 bridgehead atoms. The number of thiophene rings is 1. The Hall–Kier alpha value is -2.18. The topological polar surface area (TPSA) is 55.6 Å². The van der Waals surface area contributed by atoms with Crippen molar-refractivity contribution in [3.05, 3.63) is 69.6 Å². The molecule has 1 aromatic heterocycles. The smallest absolute Gasteiger partial charge is 0.324 e. The van der Waals surface area contributed by atoms with Crippen LogP contribution in [0.1, 0.15) is 11.1 Å². The summed E-state index contributed by atoms with van der Waals surface area (Å²) in [6, 6.07) is 9.54. The summed E-state index contributed by atoms with van der Waals surface area (Å²) < 4.78 is 5.44. The minimum absolute atomic E-state index is 0.187. The lowest BCUT2D eigenvalue weighted by molar-refractivity contribution is -0.380. The van der Waals surface area contributed by atoms with E-state index in [1.807, 2.05) is 36.7 Å². The maximum Gasteiger partial charge on any atom is 0.324 e. The van der Waals surface area contributed by atoms with Gasteiger partial charge in [0.05, 0.1) is 4.92 Å². The zero-order valence-electron chi connectivity index (χ0n) is 12.4. The van der Waals surface area contributed by atoms with Crippen LogP contribution in [-0.2, 0) is 13.1 Å². The zero-order valence-corrected chi connectivity index (χ0v) is 13.2. The van der Waals surface area contributed by atoms with Crippen molar-refractivity contribution in [2.24, 2.45) is 0 Å². The van der Waals surface area contributed by atoms with Crippen LogP contribution in [0.2, 0.25) is 0 Å². The molecule has 0 saturated heterocycles. The van der Waals surface area contributed by atoms with Gasteiger partial charge in [-0.15, -0.1) is 0 Å². The second-order valence-electron chi connectivity index (χ2n) is 4.97. The van der Waals surface area contributed by atoms with E-state index in [-0.39, 0.29) is 9.92 Å². The Bertz CT molecular complexity index is 637. The number of nitrogens with zero attached hydrogens (tertiary/aromatic N) is 2. The van der Waals surface area contributed by atoms with Gasteiger partial charge >= 0.3 is 5.00 Å². The van der Waals surface area contributed by atoms with Crippen molar-refractivity contribution in [3.8, 4) is 5.75 Å². The Morgan fingerprint density at radius 2 is 2.00 bits per heavy atom. The molecule has 2 aromatic rings. The molecule has 0 amide bonds. The molecule has 0 aliphatic rings. The summed E-state index contributed by atoms with van der Waals surface area (Å²) >= 11 is 1.17. The summed E-state index contributed by atoms with van der Waals surface area (Å²) in [5.41, 5.74) is 2.13. The third-order valence-electron chi connectivity index (χ3n) is 3.02. The lowest BCUT2D eigenvalue weighted by Crippen LogP contribution is -2.16. The summed E-state index contributed by atoms with van der Waals surface area (Å²) in [5, 5.41) is 12.7. The Morgan fingerprint density at radius 3 is 2.59 bits per heavy atom. The molecule has 6 heteroatoms. The van der Waals surface area contributed by atoms with Crippen molar-refractivity contribution >= 4 is 16.3 Å². The van der Waals surface area contributed by atoms with Crippen LogP contribution in [0.25, 0.3) is 0 Å². The molecule has 0 aliphatic carbocycles. The first-order chi connectivity index (χ1) is 10.6. The maximum atomic E-state index is 10.7. The van der Waals surface area contributed by atoms with Gasteiger partial charge in [0.25, 0.3) is 0 Å². The van der Waals surface area contributed by atoms with E-state index in [0.717, 1.165) is 23.4 Å². The van der Waals surface area contributed by atoms with Crippen molar-refractivity contribution in [2.75, 3.05) is 13.7 Å². The number of ether oxygens (including phenoxy) is 1. The summed E-state index contributed by atoms with van der Waals surface area (Å²) in [5.74, 6) is 0.819. The molecule has 0 fully saturated rings. The van der Waals surface area contributed by atoms with E-state index in [2.05, 4.69) is 11.5 Å². The minimum Gasteiger partial charge on any atom is -0.490 e. The first-order valence-corrected chi connectivity index (χ1v) is 7.69. The van der Waals surface area contributed by atoms with Crippen molar-refractivity contribution < 1.29 is 9.66 Å². The molecule has 2 rings (SSSR count). The van der Waals surface area contributed by atoms with Crippen LogP contribution < -0.4 is 4.74 Å². The second kappa shape index (κ2) is 7.72. The SMILES string of the molecule is C=CCOc1ccc(CN(C)Cc2csc([N+](=O)[O-])c2)cc1. The van der Waals surface area contributed by atoms with Gasteiger partial charge in [-0.2, -0.15) is 0 Å². The van der Waals surface area contributed by atoms with E-state index in [1.54, 1.807) is 12.1 Å². The summed E-state index contributed by atoms with van der Waals surface area (Å²) in [4.78, 5) is 12.4. The van der Waals surface area contributed by atoms with Crippen LogP contribution >= 0.6 is 11.3 Å². The van der Waals surface area contributed by atoms with Gasteiger partial charge in [-0.3, -0.25) is 15.0 Å². The fourth-order valence-electron chi connectivity index (χ4n) is 2.07. The Kier molecular flexibility index (Phi) is 5.68. The molecule has 5 nitrogen and oxygen atoms in total. The summed E-state index contributed by atoms with van der Waals surface area (Å²) in [6.45, 7) is 5.56. The lowest BCUT2D eigenvalue weighted by atomic mass is 10.2. The quantitative estimate of drug-likeness (QED) is 0.421. The van der Waals surface area contributed by atoms with Gasteiger partial charge in [0, 0.05) is 24.5 Å². The molecule has 1 aromatic carbocycles. The van der Waals surface area contributed by atoms with Crippen LogP contribution in [0.4, 0.5) is 5.00 Å². The minimum atomic E-state index is -0.351. The van der Waals surface area contributed by atoms with E-state index in [0.29, 0.717) is 13.2 Å². The van der Waals surface area contributed by atoms with Gasteiger partial charge in [-0.1, -0.05) is 36.1 Å². The fraction of sp³-hybridized carbons (Fsp3) is 0.250. The zero-order chi connectivity index (χ0) is 15.9. The molecule has 0 spiro atoms. The third kappa shape index (κ3) is 4.68. The molecule has 0 atom stereocenters. The van der Waals surface area contributed by atoms with E-state index in [1.165, 1.54) is 11.3 Å². The number of nitro groups is 1. The standard InChI is InChI=1S/C16H18N2O3S/c1-3-8-21-15-6-4-13(5-7-15)10-17(2)11-14-9-16(18(19)20)22-12-14/h3-7,9,12H,1,8,10-11H2,2H3. The van der Waals surface area contributed by atoms with Crippen LogP contribution in [0.3, 0.4) is 0 Å². The van der Waals surface area contributed by atoms with E-state index >= 15 is 0 Å². The molecule has 1 heterocycles. The normalized spacial score (nSPS) is 10.6. The highest BCUT2D eigenvalue weighted by Crippen LogP contribution is 2.23. The lowest BCUT2D eigenvalue weighted by Gasteiger charge is -2.16. The second-order valence-corrected chi connectivity index (χ2v) is 5.86. The average molecular weight is 318 g/mol.